The molecule has 1 fully saturated rings. The molecule has 2 atom stereocenters. The number of benzene rings is 1. The van der Waals surface area contributed by atoms with E-state index in [2.05, 4.69) is 22.9 Å². The van der Waals surface area contributed by atoms with Crippen molar-refractivity contribution >= 4 is 15.9 Å². The average Bonchev–Trinajstić information content (AvgIpc) is 2.83. The van der Waals surface area contributed by atoms with Gasteiger partial charge < -0.3 is 19.3 Å². The highest BCUT2D eigenvalue weighted by molar-refractivity contribution is 9.10. The van der Waals surface area contributed by atoms with Gasteiger partial charge in [-0.2, -0.15) is 0 Å². The maximum absolute atomic E-state index is 9.24. The Balaban J connectivity index is 2.08. The molecule has 20 heavy (non-hydrogen) atoms. The summed E-state index contributed by atoms with van der Waals surface area (Å²) in [6, 6.07) is 3.65. The smallest absolute Gasteiger partial charge is 0.175 e. The minimum absolute atomic E-state index is 0.0256. The van der Waals surface area contributed by atoms with Gasteiger partial charge in [-0.25, -0.2) is 0 Å². The zero-order chi connectivity index (χ0) is 14.5. The van der Waals surface area contributed by atoms with Crippen LogP contribution in [0, 0.1) is 0 Å². The molecule has 0 bridgehead atoms. The molecule has 0 aliphatic carbocycles. The highest BCUT2D eigenvalue weighted by Gasteiger charge is 2.23. The summed E-state index contributed by atoms with van der Waals surface area (Å²) in [6.07, 6.45) is 2.56. The number of ether oxygens (including phenoxy) is 3. The Morgan fingerprint density at radius 1 is 1.35 bits per heavy atom. The first kappa shape index (κ1) is 15.6. The molecule has 1 aliphatic heterocycles. The third kappa shape index (κ3) is 3.87. The molecule has 4 nitrogen and oxygen atoms in total. The van der Waals surface area contributed by atoms with Crippen molar-refractivity contribution in [3.8, 4) is 11.5 Å². The molecule has 112 valence electrons. The molecule has 1 aliphatic rings. The highest BCUT2D eigenvalue weighted by atomic mass is 79.9. The van der Waals surface area contributed by atoms with Crippen LogP contribution < -0.4 is 9.47 Å². The highest BCUT2D eigenvalue weighted by Crippen LogP contribution is 2.37. The number of aliphatic hydroxyl groups excluding tert-OH is 1. The zero-order valence-electron chi connectivity index (χ0n) is 11.9. The summed E-state index contributed by atoms with van der Waals surface area (Å²) in [5.74, 6) is 1.32. The Hall–Kier alpha value is -0.780. The van der Waals surface area contributed by atoms with Crippen LogP contribution >= 0.6 is 15.9 Å². The quantitative estimate of drug-likeness (QED) is 0.860. The van der Waals surface area contributed by atoms with Crippen LogP contribution in [0.15, 0.2) is 16.6 Å². The predicted molar refractivity (Wildman–Crippen MR) is 80.3 cm³/mol. The Kier molecular flexibility index (Phi) is 5.69. The predicted octanol–water partition coefficient (Wildman–Crippen LogP) is 3.29. The van der Waals surface area contributed by atoms with Gasteiger partial charge in [0.05, 0.1) is 29.9 Å². The van der Waals surface area contributed by atoms with E-state index in [0.717, 1.165) is 22.9 Å². The summed E-state index contributed by atoms with van der Waals surface area (Å²) >= 11 is 3.47. The molecule has 1 heterocycles. The number of hydrogen-bond donors (Lipinski definition) is 1. The summed E-state index contributed by atoms with van der Waals surface area (Å²) in [6.45, 7) is 5.04. The van der Waals surface area contributed by atoms with Crippen LogP contribution in [0.4, 0.5) is 0 Å². The SMILES string of the molecule is CCOc1cc(CO)cc(Br)c1OCC1CCC(C)O1. The molecule has 1 N–H and O–H groups in total. The lowest BCUT2D eigenvalue weighted by Crippen LogP contribution is -2.18. The molecule has 0 amide bonds. The van der Waals surface area contributed by atoms with Crippen LogP contribution in [0.2, 0.25) is 0 Å². The summed E-state index contributed by atoms with van der Waals surface area (Å²) in [5.41, 5.74) is 0.790. The van der Waals surface area contributed by atoms with Crippen LogP contribution in [0.1, 0.15) is 32.3 Å². The fourth-order valence-corrected chi connectivity index (χ4v) is 2.90. The normalized spacial score (nSPS) is 22.0. The van der Waals surface area contributed by atoms with Gasteiger partial charge in [-0.05, 0) is 60.3 Å². The molecule has 1 saturated heterocycles. The molecular weight excluding hydrogens is 324 g/mol. The Morgan fingerprint density at radius 2 is 2.15 bits per heavy atom. The van der Waals surface area contributed by atoms with Gasteiger partial charge in [0.25, 0.3) is 0 Å². The number of rotatable bonds is 6. The lowest BCUT2D eigenvalue weighted by Gasteiger charge is -2.17. The van der Waals surface area contributed by atoms with E-state index in [1.54, 1.807) is 0 Å². The third-order valence-corrected chi connectivity index (χ3v) is 3.87. The lowest BCUT2D eigenvalue weighted by molar-refractivity contribution is 0.0256. The van der Waals surface area contributed by atoms with Gasteiger partial charge in [0.15, 0.2) is 11.5 Å². The monoisotopic (exact) mass is 344 g/mol. The van der Waals surface area contributed by atoms with Crippen LogP contribution in [-0.2, 0) is 11.3 Å². The van der Waals surface area contributed by atoms with E-state index < -0.39 is 0 Å². The van der Waals surface area contributed by atoms with Crippen molar-refractivity contribution < 1.29 is 19.3 Å². The second kappa shape index (κ2) is 7.29. The minimum atomic E-state index is -0.0256. The maximum Gasteiger partial charge on any atom is 0.175 e. The van der Waals surface area contributed by atoms with Crippen molar-refractivity contribution in [2.75, 3.05) is 13.2 Å². The minimum Gasteiger partial charge on any atom is -0.490 e. The molecule has 0 radical (unpaired) electrons. The number of aliphatic hydroxyl groups is 1. The molecular formula is C15H21BrO4. The van der Waals surface area contributed by atoms with Crippen LogP contribution in [-0.4, -0.2) is 30.5 Å². The van der Waals surface area contributed by atoms with Crippen molar-refractivity contribution in [1.29, 1.82) is 0 Å². The van der Waals surface area contributed by atoms with E-state index in [1.807, 2.05) is 19.1 Å². The fraction of sp³-hybridized carbons (Fsp3) is 0.600. The van der Waals surface area contributed by atoms with E-state index in [1.165, 1.54) is 0 Å². The first-order valence-corrected chi connectivity index (χ1v) is 7.77. The Labute approximate surface area is 128 Å². The van der Waals surface area contributed by atoms with Crippen molar-refractivity contribution in [2.24, 2.45) is 0 Å². The molecule has 2 rings (SSSR count). The van der Waals surface area contributed by atoms with Gasteiger partial charge in [-0.1, -0.05) is 0 Å². The van der Waals surface area contributed by atoms with Crippen LogP contribution in [0.3, 0.4) is 0 Å². The third-order valence-electron chi connectivity index (χ3n) is 3.29. The molecule has 0 spiro atoms. The molecule has 0 aromatic heterocycles. The summed E-state index contributed by atoms with van der Waals surface area (Å²) in [4.78, 5) is 0. The van der Waals surface area contributed by atoms with Gasteiger partial charge in [0.1, 0.15) is 6.61 Å². The molecule has 0 saturated carbocycles. The van der Waals surface area contributed by atoms with Crippen molar-refractivity contribution in [1.82, 2.24) is 0 Å². The van der Waals surface area contributed by atoms with Crippen molar-refractivity contribution in [3.63, 3.8) is 0 Å². The first-order chi connectivity index (χ1) is 9.63. The first-order valence-electron chi connectivity index (χ1n) is 6.98. The average molecular weight is 345 g/mol. The standard InChI is InChI=1S/C15H21BrO4/c1-3-18-14-7-11(8-17)6-13(16)15(14)19-9-12-5-4-10(2)20-12/h6-7,10,12,17H,3-5,8-9H2,1-2H3. The lowest BCUT2D eigenvalue weighted by atomic mass is 10.2. The van der Waals surface area contributed by atoms with Gasteiger partial charge >= 0.3 is 0 Å². The fourth-order valence-electron chi connectivity index (χ4n) is 2.30. The number of halogens is 1. The van der Waals surface area contributed by atoms with E-state index in [-0.39, 0.29) is 12.7 Å². The summed E-state index contributed by atoms with van der Waals surface area (Å²) in [5, 5.41) is 9.24. The number of hydrogen-bond acceptors (Lipinski definition) is 4. The topological polar surface area (TPSA) is 47.9 Å². The Morgan fingerprint density at radius 3 is 2.75 bits per heavy atom. The zero-order valence-corrected chi connectivity index (χ0v) is 13.5. The van der Waals surface area contributed by atoms with Crippen molar-refractivity contribution in [2.45, 2.75) is 45.5 Å². The van der Waals surface area contributed by atoms with Crippen LogP contribution in [0.5, 0.6) is 11.5 Å². The molecule has 5 heteroatoms. The van der Waals surface area contributed by atoms with Gasteiger partial charge in [-0.3, -0.25) is 0 Å². The van der Waals surface area contributed by atoms with Gasteiger partial charge in [0.2, 0.25) is 0 Å². The van der Waals surface area contributed by atoms with E-state index >= 15 is 0 Å². The van der Waals surface area contributed by atoms with Gasteiger partial charge in [-0.15, -0.1) is 0 Å². The molecule has 1 aromatic carbocycles. The summed E-state index contributed by atoms with van der Waals surface area (Å²) in [7, 11) is 0. The van der Waals surface area contributed by atoms with Crippen LogP contribution in [0.25, 0.3) is 0 Å². The Bertz CT molecular complexity index is 450. The largest absolute Gasteiger partial charge is 0.490 e. The van der Waals surface area contributed by atoms with Crippen molar-refractivity contribution in [3.05, 3.63) is 22.2 Å². The maximum atomic E-state index is 9.24. The summed E-state index contributed by atoms with van der Waals surface area (Å²) < 4.78 is 18.0. The molecule has 1 aromatic rings. The van der Waals surface area contributed by atoms with E-state index in [0.29, 0.717) is 30.8 Å². The van der Waals surface area contributed by atoms with E-state index in [9.17, 15) is 5.11 Å². The second-order valence-corrected chi connectivity index (χ2v) is 5.81. The van der Waals surface area contributed by atoms with Gasteiger partial charge in [0, 0.05) is 0 Å². The molecule has 2 unspecified atom stereocenters. The van der Waals surface area contributed by atoms with E-state index in [4.69, 9.17) is 14.2 Å². The second-order valence-electron chi connectivity index (χ2n) is 4.95.